The van der Waals surface area contributed by atoms with Gasteiger partial charge in [0.2, 0.25) is 0 Å². The van der Waals surface area contributed by atoms with Crippen LogP contribution in [-0.4, -0.2) is 23.6 Å². The lowest BCUT2D eigenvalue weighted by Gasteiger charge is -2.19. The van der Waals surface area contributed by atoms with Crippen molar-refractivity contribution in [3.05, 3.63) is 53.1 Å². The molecule has 4 heteroatoms. The van der Waals surface area contributed by atoms with Crippen LogP contribution in [0.5, 0.6) is 5.75 Å². The van der Waals surface area contributed by atoms with Gasteiger partial charge < -0.3 is 10.1 Å². The number of aryl methyl sites for hydroxylation is 2. The van der Waals surface area contributed by atoms with E-state index in [1.807, 2.05) is 39.2 Å². The van der Waals surface area contributed by atoms with Crippen molar-refractivity contribution in [3.8, 4) is 5.75 Å². The Morgan fingerprint density at radius 2 is 2.05 bits per heavy atom. The number of ether oxygens (including phenoxy) is 1. The van der Waals surface area contributed by atoms with Gasteiger partial charge in [0.25, 0.3) is 0 Å². The predicted molar refractivity (Wildman–Crippen MR) is 84.6 cm³/mol. The largest absolute Gasteiger partial charge is 0.492 e. The normalized spacial score (nSPS) is 12.2. The third-order valence-corrected chi connectivity index (χ3v) is 3.41. The molecule has 2 aromatic heterocycles. The lowest BCUT2D eigenvalue weighted by atomic mass is 9.98. The maximum atomic E-state index is 5.67. The van der Waals surface area contributed by atoms with Gasteiger partial charge in [-0.3, -0.25) is 9.97 Å². The Hall–Kier alpha value is -1.94. The first kappa shape index (κ1) is 15.4. The van der Waals surface area contributed by atoms with Crippen molar-refractivity contribution in [1.29, 1.82) is 0 Å². The monoisotopic (exact) mass is 285 g/mol. The summed E-state index contributed by atoms with van der Waals surface area (Å²) in [7, 11) is 1.95. The van der Waals surface area contributed by atoms with E-state index < -0.39 is 0 Å². The van der Waals surface area contributed by atoms with E-state index >= 15 is 0 Å². The number of rotatable bonds is 6. The van der Waals surface area contributed by atoms with Crippen LogP contribution in [0.4, 0.5) is 0 Å². The Morgan fingerprint density at radius 1 is 1.24 bits per heavy atom. The molecule has 0 fully saturated rings. The van der Waals surface area contributed by atoms with E-state index in [1.54, 1.807) is 6.20 Å². The molecule has 0 radical (unpaired) electrons. The quantitative estimate of drug-likeness (QED) is 0.885. The first-order valence-electron chi connectivity index (χ1n) is 7.34. The fourth-order valence-electron chi connectivity index (χ4n) is 2.40. The van der Waals surface area contributed by atoms with Crippen LogP contribution in [0.1, 0.15) is 41.9 Å². The van der Waals surface area contributed by atoms with E-state index in [0.717, 1.165) is 34.7 Å². The molecule has 21 heavy (non-hydrogen) atoms. The first-order chi connectivity index (χ1) is 10.2. The Labute approximate surface area is 126 Å². The average Bonchev–Trinajstić information content (AvgIpc) is 2.48. The van der Waals surface area contributed by atoms with Crippen LogP contribution in [0.2, 0.25) is 0 Å². The molecule has 0 amide bonds. The second-order valence-electron chi connectivity index (χ2n) is 5.15. The van der Waals surface area contributed by atoms with Crippen LogP contribution in [0, 0.1) is 13.8 Å². The molecule has 1 unspecified atom stereocenters. The van der Waals surface area contributed by atoms with E-state index in [9.17, 15) is 0 Å². The number of aromatic nitrogens is 2. The fraction of sp³-hybridized carbons (Fsp3) is 0.412. The van der Waals surface area contributed by atoms with Crippen LogP contribution in [0.3, 0.4) is 0 Å². The Bertz CT molecular complexity index is 598. The number of nitrogens with one attached hydrogen (secondary N) is 1. The van der Waals surface area contributed by atoms with Gasteiger partial charge in [-0.1, -0.05) is 13.0 Å². The zero-order chi connectivity index (χ0) is 15.2. The molecule has 2 rings (SSSR count). The van der Waals surface area contributed by atoms with E-state index in [2.05, 4.69) is 28.3 Å². The third kappa shape index (κ3) is 3.79. The molecule has 2 aromatic rings. The zero-order valence-electron chi connectivity index (χ0n) is 13.2. The topological polar surface area (TPSA) is 47.0 Å². The molecule has 0 aliphatic rings. The molecule has 1 N–H and O–H groups in total. The summed E-state index contributed by atoms with van der Waals surface area (Å²) in [5.41, 5.74) is 4.32. The van der Waals surface area contributed by atoms with Crippen LogP contribution in [-0.2, 0) is 0 Å². The number of hydrogen-bond acceptors (Lipinski definition) is 4. The molecule has 0 aromatic carbocycles. The van der Waals surface area contributed by atoms with Gasteiger partial charge in [-0.05, 0) is 50.6 Å². The molecule has 0 bridgehead atoms. The molecular formula is C17H23N3O. The van der Waals surface area contributed by atoms with Gasteiger partial charge in [-0.15, -0.1) is 0 Å². The predicted octanol–water partition coefficient (Wildman–Crippen LogP) is 3.19. The van der Waals surface area contributed by atoms with E-state index in [4.69, 9.17) is 4.74 Å². The molecule has 1 atom stereocenters. The van der Waals surface area contributed by atoms with Crippen LogP contribution in [0.25, 0.3) is 0 Å². The molecule has 2 heterocycles. The van der Waals surface area contributed by atoms with Gasteiger partial charge in [-0.25, -0.2) is 0 Å². The lowest BCUT2D eigenvalue weighted by Crippen LogP contribution is -2.19. The summed E-state index contributed by atoms with van der Waals surface area (Å²) in [5.74, 6) is 0.812. The molecule has 0 aliphatic heterocycles. The number of nitrogens with zero attached hydrogens (tertiary/aromatic N) is 2. The lowest BCUT2D eigenvalue weighted by molar-refractivity contribution is 0.315. The van der Waals surface area contributed by atoms with Gasteiger partial charge in [-0.2, -0.15) is 0 Å². The summed E-state index contributed by atoms with van der Waals surface area (Å²) in [6, 6.07) is 6.27. The van der Waals surface area contributed by atoms with Gasteiger partial charge in [0.1, 0.15) is 5.75 Å². The van der Waals surface area contributed by atoms with Crippen molar-refractivity contribution in [1.82, 2.24) is 15.3 Å². The zero-order valence-corrected chi connectivity index (χ0v) is 13.2. The Morgan fingerprint density at radius 3 is 2.71 bits per heavy atom. The highest BCUT2D eigenvalue weighted by Crippen LogP contribution is 2.26. The summed E-state index contributed by atoms with van der Waals surface area (Å²) in [6.45, 7) is 6.85. The van der Waals surface area contributed by atoms with E-state index in [1.165, 1.54) is 0 Å². The van der Waals surface area contributed by atoms with Crippen molar-refractivity contribution in [3.63, 3.8) is 0 Å². The van der Waals surface area contributed by atoms with Crippen molar-refractivity contribution in [2.24, 2.45) is 0 Å². The minimum atomic E-state index is 0.0655. The highest BCUT2D eigenvalue weighted by molar-refractivity contribution is 5.36. The number of pyridine rings is 2. The van der Waals surface area contributed by atoms with Crippen molar-refractivity contribution in [2.75, 3.05) is 13.7 Å². The van der Waals surface area contributed by atoms with Crippen molar-refractivity contribution >= 4 is 0 Å². The van der Waals surface area contributed by atoms with Crippen molar-refractivity contribution in [2.45, 2.75) is 33.2 Å². The molecule has 0 saturated carbocycles. The Kier molecular flexibility index (Phi) is 5.28. The summed E-state index contributed by atoms with van der Waals surface area (Å²) in [5, 5.41) is 3.34. The Balaban J connectivity index is 2.32. The second kappa shape index (κ2) is 7.18. The van der Waals surface area contributed by atoms with Gasteiger partial charge >= 0.3 is 0 Å². The maximum Gasteiger partial charge on any atom is 0.137 e. The van der Waals surface area contributed by atoms with E-state index in [0.29, 0.717) is 6.61 Å². The summed E-state index contributed by atoms with van der Waals surface area (Å²) in [6.07, 6.45) is 4.62. The number of hydrogen-bond donors (Lipinski definition) is 1. The molecule has 4 nitrogen and oxygen atoms in total. The van der Waals surface area contributed by atoms with Crippen LogP contribution in [0.15, 0.2) is 30.6 Å². The molecule has 112 valence electrons. The first-order valence-corrected chi connectivity index (χ1v) is 7.34. The molecule has 0 saturated heterocycles. The SMILES string of the molecule is CCCOc1cncc(C(NC)c2ccc(C)nc2C)c1. The van der Waals surface area contributed by atoms with Gasteiger partial charge in [0, 0.05) is 17.6 Å². The van der Waals surface area contributed by atoms with Gasteiger partial charge in [0.05, 0.1) is 18.8 Å². The minimum absolute atomic E-state index is 0.0655. The highest BCUT2D eigenvalue weighted by Gasteiger charge is 2.16. The molecular weight excluding hydrogens is 262 g/mol. The highest BCUT2D eigenvalue weighted by atomic mass is 16.5. The van der Waals surface area contributed by atoms with Crippen molar-refractivity contribution < 1.29 is 4.74 Å². The average molecular weight is 285 g/mol. The second-order valence-corrected chi connectivity index (χ2v) is 5.15. The summed E-state index contributed by atoms with van der Waals surface area (Å²) in [4.78, 5) is 8.84. The molecule has 0 spiro atoms. The maximum absolute atomic E-state index is 5.67. The van der Waals surface area contributed by atoms with Gasteiger partial charge in [0.15, 0.2) is 0 Å². The molecule has 0 aliphatic carbocycles. The minimum Gasteiger partial charge on any atom is -0.492 e. The van der Waals surface area contributed by atoms with E-state index in [-0.39, 0.29) is 6.04 Å². The summed E-state index contributed by atoms with van der Waals surface area (Å²) >= 11 is 0. The smallest absolute Gasteiger partial charge is 0.137 e. The summed E-state index contributed by atoms with van der Waals surface area (Å²) < 4.78 is 5.67. The third-order valence-electron chi connectivity index (χ3n) is 3.41. The fourth-order valence-corrected chi connectivity index (χ4v) is 2.40. The van der Waals surface area contributed by atoms with Crippen LogP contribution < -0.4 is 10.1 Å². The standard InChI is InChI=1S/C17H23N3O/c1-5-8-21-15-9-14(10-19-11-15)17(18-4)16-7-6-12(2)20-13(16)3/h6-7,9-11,17-18H,5,8H2,1-4H3. The van der Waals surface area contributed by atoms with Crippen LogP contribution >= 0.6 is 0 Å².